The third kappa shape index (κ3) is 2.40. The lowest BCUT2D eigenvalue weighted by molar-refractivity contribution is 0.356. The first-order valence-electron chi connectivity index (χ1n) is 6.45. The van der Waals surface area contributed by atoms with E-state index < -0.39 is 9.84 Å². The molecule has 0 atom stereocenters. The lowest BCUT2D eigenvalue weighted by Gasteiger charge is -2.07. The molecule has 5 heteroatoms. The third-order valence-corrected chi connectivity index (χ3v) is 5.28. The van der Waals surface area contributed by atoms with E-state index in [1.54, 1.807) is 30.3 Å². The van der Waals surface area contributed by atoms with E-state index in [2.05, 4.69) is 0 Å². The molecule has 0 saturated carbocycles. The molecule has 1 heterocycles. The number of phenolic OH excluding ortho intramolecular Hbond substituents is 1. The zero-order valence-electron chi connectivity index (χ0n) is 11.4. The van der Waals surface area contributed by atoms with Crippen LogP contribution in [0.3, 0.4) is 0 Å². The topological polar surface area (TPSA) is 63.6 Å². The summed E-state index contributed by atoms with van der Waals surface area (Å²) in [4.78, 5) is 0.562. The fourth-order valence-electron chi connectivity index (χ4n) is 2.30. The summed E-state index contributed by atoms with van der Waals surface area (Å²) < 4.78 is 30.3. The summed E-state index contributed by atoms with van der Waals surface area (Å²) in [6, 6.07) is 11.5. The van der Waals surface area contributed by atoms with Crippen LogP contribution in [0.15, 0.2) is 52.3 Å². The van der Waals surface area contributed by atoms with E-state index in [-0.39, 0.29) is 17.3 Å². The van der Waals surface area contributed by atoms with Crippen LogP contribution in [0.1, 0.15) is 11.1 Å². The van der Waals surface area contributed by atoms with E-state index in [0.29, 0.717) is 10.6 Å². The second-order valence-electron chi connectivity index (χ2n) is 4.89. The Bertz CT molecular complexity index is 835. The first kappa shape index (κ1) is 13.7. The number of sulfone groups is 1. The zero-order valence-corrected chi connectivity index (χ0v) is 12.2. The van der Waals surface area contributed by atoms with Crippen LogP contribution in [-0.2, 0) is 9.84 Å². The molecule has 4 nitrogen and oxygen atoms in total. The second-order valence-corrected chi connectivity index (χ2v) is 6.86. The van der Waals surface area contributed by atoms with Crippen molar-refractivity contribution in [2.45, 2.75) is 11.8 Å². The van der Waals surface area contributed by atoms with Gasteiger partial charge in [0.05, 0.1) is 9.80 Å². The van der Waals surface area contributed by atoms with Crippen LogP contribution in [0.25, 0.3) is 6.08 Å². The molecule has 0 saturated heterocycles. The van der Waals surface area contributed by atoms with E-state index in [4.69, 9.17) is 4.74 Å². The second kappa shape index (κ2) is 4.93. The van der Waals surface area contributed by atoms with E-state index in [9.17, 15) is 13.5 Å². The van der Waals surface area contributed by atoms with Crippen molar-refractivity contribution in [1.82, 2.24) is 0 Å². The van der Waals surface area contributed by atoms with Crippen molar-refractivity contribution < 1.29 is 18.3 Å². The summed E-state index contributed by atoms with van der Waals surface area (Å²) in [7, 11) is -3.48. The SMILES string of the molecule is Cc1cccc2c1C=C(COc1cccc(O)c1)S2(=O)=O. The molecule has 1 N–H and O–H groups in total. The Balaban J connectivity index is 1.88. The molecule has 0 radical (unpaired) electrons. The van der Waals surface area contributed by atoms with Crippen LogP contribution in [0.4, 0.5) is 0 Å². The highest BCUT2D eigenvalue weighted by atomic mass is 32.2. The summed E-state index contributed by atoms with van der Waals surface area (Å²) in [5.74, 6) is 0.508. The van der Waals surface area contributed by atoms with Gasteiger partial charge < -0.3 is 9.84 Å². The third-order valence-electron chi connectivity index (χ3n) is 3.42. The van der Waals surface area contributed by atoms with Crippen molar-refractivity contribution in [2.75, 3.05) is 6.61 Å². The number of ether oxygens (including phenoxy) is 1. The Labute approximate surface area is 123 Å². The van der Waals surface area contributed by atoms with Gasteiger partial charge in [-0.25, -0.2) is 8.42 Å². The average molecular weight is 302 g/mol. The molecule has 1 aliphatic rings. The average Bonchev–Trinajstić information content (AvgIpc) is 2.70. The maximum absolute atomic E-state index is 12.4. The predicted octanol–water partition coefficient (Wildman–Crippen LogP) is 2.91. The number of hydrogen-bond donors (Lipinski definition) is 1. The molecule has 2 aromatic carbocycles. The van der Waals surface area contributed by atoms with Crippen molar-refractivity contribution in [1.29, 1.82) is 0 Å². The predicted molar refractivity (Wildman–Crippen MR) is 79.9 cm³/mol. The quantitative estimate of drug-likeness (QED) is 0.947. The molecule has 0 aliphatic carbocycles. The minimum atomic E-state index is -3.48. The van der Waals surface area contributed by atoms with Gasteiger partial charge in [0.1, 0.15) is 18.1 Å². The minimum absolute atomic E-state index is 0.0556. The number of benzene rings is 2. The van der Waals surface area contributed by atoms with Gasteiger partial charge in [-0.15, -0.1) is 0 Å². The lowest BCUT2D eigenvalue weighted by Crippen LogP contribution is -2.09. The number of hydrogen-bond acceptors (Lipinski definition) is 4. The molecule has 0 spiro atoms. The van der Waals surface area contributed by atoms with Crippen molar-refractivity contribution in [3.8, 4) is 11.5 Å². The molecular formula is C16H14O4S. The molecule has 0 unspecified atom stereocenters. The van der Waals surface area contributed by atoms with Crippen molar-refractivity contribution in [3.63, 3.8) is 0 Å². The molecule has 21 heavy (non-hydrogen) atoms. The van der Waals surface area contributed by atoms with Crippen LogP contribution in [0.2, 0.25) is 0 Å². The number of aromatic hydroxyl groups is 1. The Morgan fingerprint density at radius 2 is 1.90 bits per heavy atom. The van der Waals surface area contributed by atoms with Gasteiger partial charge >= 0.3 is 0 Å². The number of rotatable bonds is 3. The fraction of sp³-hybridized carbons (Fsp3) is 0.125. The summed E-state index contributed by atoms with van der Waals surface area (Å²) in [6.45, 7) is 1.82. The number of fused-ring (bicyclic) bond motifs is 1. The van der Waals surface area contributed by atoms with Gasteiger partial charge in [-0.3, -0.25) is 0 Å². The van der Waals surface area contributed by atoms with Crippen molar-refractivity contribution in [2.24, 2.45) is 0 Å². The van der Waals surface area contributed by atoms with E-state index >= 15 is 0 Å². The Morgan fingerprint density at radius 1 is 1.14 bits per heavy atom. The molecule has 1 aliphatic heterocycles. The van der Waals surface area contributed by atoms with Crippen LogP contribution < -0.4 is 4.74 Å². The normalized spacial score (nSPS) is 15.4. The maximum Gasteiger partial charge on any atom is 0.206 e. The largest absolute Gasteiger partial charge is 0.508 e. The molecular weight excluding hydrogens is 288 g/mol. The molecule has 3 rings (SSSR count). The van der Waals surface area contributed by atoms with Crippen molar-refractivity contribution >= 4 is 15.9 Å². The first-order valence-corrected chi connectivity index (χ1v) is 7.94. The molecule has 0 fully saturated rings. The van der Waals surface area contributed by atoms with E-state index in [1.165, 1.54) is 12.1 Å². The Morgan fingerprint density at radius 3 is 2.62 bits per heavy atom. The first-order chi connectivity index (χ1) is 9.98. The highest BCUT2D eigenvalue weighted by molar-refractivity contribution is 7.95. The Kier molecular flexibility index (Phi) is 3.22. The lowest BCUT2D eigenvalue weighted by atomic mass is 10.1. The smallest absolute Gasteiger partial charge is 0.206 e. The minimum Gasteiger partial charge on any atom is -0.508 e. The van der Waals surface area contributed by atoms with Gasteiger partial charge in [0, 0.05) is 6.07 Å². The fourth-order valence-corrected chi connectivity index (χ4v) is 3.84. The van der Waals surface area contributed by atoms with E-state index in [0.717, 1.165) is 11.1 Å². The summed E-state index contributed by atoms with van der Waals surface area (Å²) in [5.41, 5.74) is 1.65. The molecule has 0 bridgehead atoms. The molecule has 108 valence electrons. The van der Waals surface area contributed by atoms with Crippen LogP contribution >= 0.6 is 0 Å². The number of phenols is 1. The highest BCUT2D eigenvalue weighted by Gasteiger charge is 2.30. The van der Waals surface area contributed by atoms with Crippen LogP contribution in [-0.4, -0.2) is 20.1 Å². The van der Waals surface area contributed by atoms with Gasteiger partial charge in [-0.2, -0.15) is 0 Å². The monoisotopic (exact) mass is 302 g/mol. The molecule has 2 aromatic rings. The molecule has 0 amide bonds. The highest BCUT2D eigenvalue weighted by Crippen LogP contribution is 2.34. The summed E-state index contributed by atoms with van der Waals surface area (Å²) in [5, 5.41) is 9.37. The Hall–Kier alpha value is -2.27. The van der Waals surface area contributed by atoms with E-state index in [1.807, 2.05) is 13.0 Å². The maximum atomic E-state index is 12.4. The van der Waals surface area contributed by atoms with Gasteiger partial charge in [0.15, 0.2) is 0 Å². The van der Waals surface area contributed by atoms with Gasteiger partial charge in [-0.05, 0) is 42.3 Å². The van der Waals surface area contributed by atoms with Crippen LogP contribution in [0, 0.1) is 6.92 Å². The standard InChI is InChI=1S/C16H14O4S/c1-11-4-2-7-16-15(11)9-14(21(16,18)19)10-20-13-6-3-5-12(17)8-13/h2-9,17H,10H2,1H3. The van der Waals surface area contributed by atoms with Gasteiger partial charge in [-0.1, -0.05) is 18.2 Å². The van der Waals surface area contributed by atoms with Crippen LogP contribution in [0.5, 0.6) is 11.5 Å². The zero-order chi connectivity index (χ0) is 15.0. The number of aryl methyl sites for hydroxylation is 1. The van der Waals surface area contributed by atoms with Crippen molar-refractivity contribution in [3.05, 3.63) is 58.5 Å². The molecule has 0 aromatic heterocycles. The van der Waals surface area contributed by atoms with Gasteiger partial charge in [0.2, 0.25) is 9.84 Å². The van der Waals surface area contributed by atoms with Gasteiger partial charge in [0.25, 0.3) is 0 Å². The summed E-state index contributed by atoms with van der Waals surface area (Å²) in [6.07, 6.45) is 1.66. The summed E-state index contributed by atoms with van der Waals surface area (Å²) >= 11 is 0.